The van der Waals surface area contributed by atoms with E-state index in [9.17, 15) is 4.39 Å². The zero-order valence-corrected chi connectivity index (χ0v) is 17.1. The third-order valence-electron chi connectivity index (χ3n) is 4.70. The Kier molecular flexibility index (Phi) is 8.91. The van der Waals surface area contributed by atoms with Crippen LogP contribution in [0.3, 0.4) is 0 Å². The Bertz CT molecular complexity index is 473. The molecule has 0 N–H and O–H groups in total. The topological polar surface area (TPSA) is 12.5 Å². The van der Waals surface area contributed by atoms with Crippen LogP contribution in [0.4, 0.5) is 4.39 Å². The third-order valence-corrected chi connectivity index (χ3v) is 5.40. The zero-order valence-electron chi connectivity index (χ0n) is 15.9. The zero-order chi connectivity index (χ0) is 18.2. The van der Waals surface area contributed by atoms with Crippen molar-refractivity contribution in [1.29, 1.82) is 0 Å². The van der Waals surface area contributed by atoms with Crippen LogP contribution in [0.25, 0.3) is 0 Å². The quantitative estimate of drug-likeness (QED) is 0.446. The van der Waals surface area contributed by atoms with E-state index in [4.69, 9.17) is 4.65 Å². The summed E-state index contributed by atoms with van der Waals surface area (Å²) in [6.45, 7) is 10.1. The van der Waals surface area contributed by atoms with Crippen molar-refractivity contribution in [3.05, 3.63) is 29.8 Å². The van der Waals surface area contributed by atoms with Crippen LogP contribution in [0, 0.1) is 0 Å². The minimum Gasteiger partial charge on any atom is -0.429 e. The third kappa shape index (κ3) is 7.63. The Labute approximate surface area is 151 Å². The van der Waals surface area contributed by atoms with Crippen LogP contribution in [-0.2, 0) is 11.1 Å². The maximum absolute atomic E-state index is 12.1. The summed E-state index contributed by atoms with van der Waals surface area (Å²) in [4.78, 5) is 2.20. The van der Waals surface area contributed by atoms with E-state index < -0.39 is 0 Å². The molecule has 1 aromatic rings. The van der Waals surface area contributed by atoms with E-state index >= 15 is 0 Å². The van der Waals surface area contributed by atoms with E-state index in [1.54, 1.807) is 0 Å². The molecule has 1 radical (unpaired) electrons. The van der Waals surface area contributed by atoms with Gasteiger partial charge in [-0.1, -0.05) is 43.6 Å². The lowest BCUT2D eigenvalue weighted by Crippen LogP contribution is -2.45. The van der Waals surface area contributed by atoms with Gasteiger partial charge in [-0.3, -0.25) is 4.39 Å². The molecule has 1 atom stereocenters. The molecule has 0 aliphatic carbocycles. The molecular formula is C19H33BFNOP. The van der Waals surface area contributed by atoms with Gasteiger partial charge in [0.15, 0.2) is 0 Å². The number of hydrogen-bond donors (Lipinski definition) is 0. The van der Waals surface area contributed by atoms with Gasteiger partial charge in [-0.15, -0.1) is 9.24 Å². The fourth-order valence-electron chi connectivity index (χ4n) is 2.12. The molecule has 1 aromatic carbocycles. The van der Waals surface area contributed by atoms with E-state index in [0.717, 1.165) is 31.4 Å². The van der Waals surface area contributed by atoms with Crippen molar-refractivity contribution in [3.63, 3.8) is 0 Å². The summed E-state index contributed by atoms with van der Waals surface area (Å²) in [7, 11) is 6.75. The summed E-state index contributed by atoms with van der Waals surface area (Å²) >= 11 is 0. The van der Waals surface area contributed by atoms with Gasteiger partial charge >= 0.3 is 7.48 Å². The lowest BCUT2D eigenvalue weighted by Gasteiger charge is -2.39. The fraction of sp³-hybridized carbons (Fsp3) is 0.684. The van der Waals surface area contributed by atoms with E-state index in [0.29, 0.717) is 6.42 Å². The summed E-state index contributed by atoms with van der Waals surface area (Å²) < 4.78 is 18.1. The molecule has 0 spiro atoms. The standard InChI is InChI=1S/C19H33BFNOP/c1-18(2,19(3,4)24)23-20-17-11-9-16(10-12-17)8-6-14-22(5)15-7-13-21/h9-12H,6-8,13-15,24H2,1-5H3. The Balaban J connectivity index is 2.38. The summed E-state index contributed by atoms with van der Waals surface area (Å²) in [6, 6.07) is 8.53. The summed E-state index contributed by atoms with van der Waals surface area (Å²) in [5.41, 5.74) is 2.17. The van der Waals surface area contributed by atoms with Gasteiger partial charge in [-0.25, -0.2) is 0 Å². The van der Waals surface area contributed by atoms with Crippen molar-refractivity contribution in [3.8, 4) is 0 Å². The predicted octanol–water partition coefficient (Wildman–Crippen LogP) is 3.60. The molecule has 24 heavy (non-hydrogen) atoms. The number of hydrogen-bond acceptors (Lipinski definition) is 2. The second kappa shape index (κ2) is 9.90. The smallest absolute Gasteiger partial charge is 0.330 e. The molecule has 135 valence electrons. The molecular weight excluding hydrogens is 319 g/mol. The Morgan fingerprint density at radius 2 is 1.67 bits per heavy atom. The highest BCUT2D eigenvalue weighted by Gasteiger charge is 2.33. The SMILES string of the molecule is CN(CCCF)CCCc1ccc([B]OC(C)(C)C(C)(C)P)cc1. The van der Waals surface area contributed by atoms with Crippen LogP contribution in [0.15, 0.2) is 24.3 Å². The molecule has 0 amide bonds. The van der Waals surface area contributed by atoms with Crippen LogP contribution in [-0.4, -0.2) is 50.0 Å². The molecule has 0 aliphatic rings. The first-order chi connectivity index (χ1) is 11.2. The average molecular weight is 352 g/mol. The van der Waals surface area contributed by atoms with Gasteiger partial charge in [0.2, 0.25) is 0 Å². The highest BCUT2D eigenvalue weighted by atomic mass is 31.0. The second-order valence-corrected chi connectivity index (χ2v) is 9.10. The molecule has 1 rings (SSSR count). The minimum atomic E-state index is -0.249. The summed E-state index contributed by atoms with van der Waals surface area (Å²) in [5, 5.41) is -0.00236. The lowest BCUT2D eigenvalue weighted by molar-refractivity contribution is 0.0841. The van der Waals surface area contributed by atoms with Gasteiger partial charge in [-0.05, 0) is 52.3 Å². The molecule has 0 aliphatic heterocycles. The van der Waals surface area contributed by atoms with Crippen molar-refractivity contribution >= 4 is 22.2 Å². The molecule has 0 aromatic heterocycles. The van der Waals surface area contributed by atoms with Crippen LogP contribution in [0.2, 0.25) is 0 Å². The van der Waals surface area contributed by atoms with E-state index in [1.165, 1.54) is 5.56 Å². The maximum Gasteiger partial charge on any atom is 0.330 e. The van der Waals surface area contributed by atoms with E-state index in [-0.39, 0.29) is 17.4 Å². The van der Waals surface area contributed by atoms with Crippen molar-refractivity contribution in [2.45, 2.75) is 57.7 Å². The van der Waals surface area contributed by atoms with Crippen LogP contribution in [0.5, 0.6) is 0 Å². The van der Waals surface area contributed by atoms with Gasteiger partial charge in [0.05, 0.1) is 12.3 Å². The molecule has 2 nitrogen and oxygen atoms in total. The summed E-state index contributed by atoms with van der Waals surface area (Å²) in [6.07, 6.45) is 2.77. The molecule has 0 saturated heterocycles. The van der Waals surface area contributed by atoms with Crippen LogP contribution in [0.1, 0.15) is 46.1 Å². The number of halogens is 1. The Morgan fingerprint density at radius 3 is 2.21 bits per heavy atom. The first-order valence-electron chi connectivity index (χ1n) is 8.79. The maximum atomic E-state index is 12.1. The second-order valence-electron chi connectivity index (χ2n) is 7.66. The highest BCUT2D eigenvalue weighted by molar-refractivity contribution is 7.19. The monoisotopic (exact) mass is 352 g/mol. The normalized spacial score (nSPS) is 12.7. The van der Waals surface area contributed by atoms with E-state index in [2.05, 4.69) is 73.1 Å². The Morgan fingerprint density at radius 1 is 1.08 bits per heavy atom. The van der Waals surface area contributed by atoms with Gasteiger partial charge in [-0.2, -0.15) is 0 Å². The molecule has 0 bridgehead atoms. The van der Waals surface area contributed by atoms with Crippen LogP contribution >= 0.6 is 9.24 Å². The first kappa shape index (κ1) is 21.6. The Hall–Kier alpha value is -0.435. The number of rotatable bonds is 11. The molecule has 0 heterocycles. The van der Waals surface area contributed by atoms with Crippen molar-refractivity contribution in [2.75, 3.05) is 26.8 Å². The van der Waals surface area contributed by atoms with Crippen molar-refractivity contribution in [2.24, 2.45) is 0 Å². The van der Waals surface area contributed by atoms with Crippen LogP contribution < -0.4 is 5.46 Å². The van der Waals surface area contributed by atoms with Crippen molar-refractivity contribution in [1.82, 2.24) is 4.90 Å². The minimum absolute atomic E-state index is 0.00236. The van der Waals surface area contributed by atoms with Gasteiger partial charge in [0.25, 0.3) is 0 Å². The largest absolute Gasteiger partial charge is 0.429 e. The highest BCUT2D eigenvalue weighted by Crippen LogP contribution is 2.32. The van der Waals surface area contributed by atoms with Gasteiger partial charge in [0.1, 0.15) is 0 Å². The van der Waals surface area contributed by atoms with Gasteiger partial charge < -0.3 is 9.55 Å². The van der Waals surface area contributed by atoms with E-state index in [1.807, 2.05) is 7.48 Å². The molecule has 0 fully saturated rings. The van der Waals surface area contributed by atoms with Crippen molar-refractivity contribution < 1.29 is 9.04 Å². The average Bonchev–Trinajstić information content (AvgIpc) is 2.51. The summed E-state index contributed by atoms with van der Waals surface area (Å²) in [5.74, 6) is 0. The number of alkyl halides is 1. The molecule has 1 unspecified atom stereocenters. The first-order valence-corrected chi connectivity index (χ1v) is 9.37. The van der Waals surface area contributed by atoms with Gasteiger partial charge in [0, 0.05) is 11.7 Å². The predicted molar refractivity (Wildman–Crippen MR) is 107 cm³/mol. The number of aryl methyl sites for hydroxylation is 1. The lowest BCUT2D eigenvalue weighted by atomic mass is 9.83. The molecule has 5 heteroatoms. The molecule has 0 saturated carbocycles. The number of nitrogens with zero attached hydrogens (tertiary/aromatic N) is 1. The number of benzene rings is 1. The fourth-order valence-corrected chi connectivity index (χ4v) is 2.19.